The molecular formula is C26H27N3O3. The molecule has 1 aliphatic rings. The third-order valence-corrected chi connectivity index (χ3v) is 5.60. The lowest BCUT2D eigenvalue weighted by molar-refractivity contribution is 0.171. The van der Waals surface area contributed by atoms with Gasteiger partial charge in [-0.1, -0.05) is 18.2 Å². The van der Waals surface area contributed by atoms with Gasteiger partial charge in [-0.2, -0.15) is 0 Å². The lowest BCUT2D eigenvalue weighted by Crippen LogP contribution is -2.24. The summed E-state index contributed by atoms with van der Waals surface area (Å²) in [6.07, 6.45) is 1.70. The van der Waals surface area contributed by atoms with Crippen LogP contribution in [0.15, 0.2) is 60.8 Å². The molecular weight excluding hydrogens is 402 g/mol. The van der Waals surface area contributed by atoms with Crippen LogP contribution in [0.4, 0.5) is 0 Å². The Bertz CT molecular complexity index is 1260. The number of hydrogen-bond acceptors (Lipinski definition) is 5. The number of ether oxygens (including phenoxy) is 2. The first kappa shape index (κ1) is 20.5. The van der Waals surface area contributed by atoms with Crippen LogP contribution in [0.25, 0.3) is 27.8 Å². The molecule has 2 N–H and O–H groups in total. The number of aryl methyl sites for hydroxylation is 1. The number of aliphatic hydroxyl groups is 1. The normalized spacial score (nSPS) is 14.0. The van der Waals surface area contributed by atoms with Crippen molar-refractivity contribution in [1.29, 1.82) is 0 Å². The molecule has 2 aromatic heterocycles. The van der Waals surface area contributed by atoms with Crippen LogP contribution >= 0.6 is 0 Å². The van der Waals surface area contributed by atoms with E-state index in [9.17, 15) is 5.11 Å². The summed E-state index contributed by atoms with van der Waals surface area (Å²) >= 11 is 0. The average Bonchev–Trinajstić information content (AvgIpc) is 3.22. The predicted octanol–water partition coefficient (Wildman–Crippen LogP) is 4.24. The number of fused-ring (bicyclic) bond motifs is 2. The van der Waals surface area contributed by atoms with Gasteiger partial charge < -0.3 is 24.5 Å². The van der Waals surface area contributed by atoms with E-state index in [0.717, 1.165) is 50.6 Å². The van der Waals surface area contributed by atoms with Gasteiger partial charge in [-0.3, -0.25) is 0 Å². The van der Waals surface area contributed by atoms with Gasteiger partial charge in [0.25, 0.3) is 0 Å². The smallest absolute Gasteiger partial charge is 0.161 e. The highest BCUT2D eigenvalue weighted by Gasteiger charge is 2.15. The van der Waals surface area contributed by atoms with Crippen LogP contribution in [0, 0.1) is 6.92 Å². The maximum atomic E-state index is 9.50. The van der Waals surface area contributed by atoms with Crippen LogP contribution in [0.1, 0.15) is 18.2 Å². The summed E-state index contributed by atoms with van der Waals surface area (Å²) in [5.74, 6) is 2.47. The predicted molar refractivity (Wildman–Crippen MR) is 126 cm³/mol. The summed E-state index contributed by atoms with van der Waals surface area (Å²) in [6.45, 7) is 6.19. The van der Waals surface area contributed by atoms with Crippen molar-refractivity contribution in [3.63, 3.8) is 0 Å². The second-order valence-corrected chi connectivity index (χ2v) is 8.24. The van der Waals surface area contributed by atoms with Crippen LogP contribution in [0.2, 0.25) is 0 Å². The first-order valence-electron chi connectivity index (χ1n) is 11.0. The van der Waals surface area contributed by atoms with Crippen LogP contribution in [0.3, 0.4) is 0 Å². The molecule has 164 valence electrons. The molecule has 4 aromatic rings. The molecule has 6 heteroatoms. The van der Waals surface area contributed by atoms with Gasteiger partial charge in [0.05, 0.1) is 11.6 Å². The number of aromatic nitrogens is 2. The van der Waals surface area contributed by atoms with Crippen molar-refractivity contribution in [2.45, 2.75) is 26.5 Å². The van der Waals surface area contributed by atoms with E-state index in [2.05, 4.69) is 64.6 Å². The second kappa shape index (κ2) is 8.65. The molecule has 3 heterocycles. The molecule has 0 radical (unpaired) electrons. The van der Waals surface area contributed by atoms with Crippen molar-refractivity contribution in [3.8, 4) is 28.4 Å². The van der Waals surface area contributed by atoms with Crippen molar-refractivity contribution in [1.82, 2.24) is 14.9 Å². The Morgan fingerprint density at radius 1 is 1.06 bits per heavy atom. The molecule has 2 aromatic carbocycles. The van der Waals surface area contributed by atoms with Crippen molar-refractivity contribution in [2.75, 3.05) is 19.8 Å². The quantitative estimate of drug-likeness (QED) is 0.480. The van der Waals surface area contributed by atoms with E-state index in [0.29, 0.717) is 26.3 Å². The fourth-order valence-corrected chi connectivity index (χ4v) is 4.20. The number of nitrogens with one attached hydrogen (secondary N) is 1. The van der Waals surface area contributed by atoms with Crippen LogP contribution in [-0.2, 0) is 6.54 Å². The van der Waals surface area contributed by atoms with Gasteiger partial charge in [0.15, 0.2) is 11.5 Å². The average molecular weight is 430 g/mol. The molecule has 0 saturated heterocycles. The van der Waals surface area contributed by atoms with Crippen molar-refractivity contribution < 1.29 is 14.6 Å². The van der Waals surface area contributed by atoms with Crippen LogP contribution in [0.5, 0.6) is 11.5 Å². The molecule has 6 nitrogen and oxygen atoms in total. The fraction of sp³-hybridized carbons (Fsp3) is 0.269. The van der Waals surface area contributed by atoms with E-state index in [1.54, 1.807) is 6.92 Å². The topological polar surface area (TPSA) is 68.5 Å². The van der Waals surface area contributed by atoms with E-state index in [1.165, 1.54) is 0 Å². The summed E-state index contributed by atoms with van der Waals surface area (Å²) in [7, 11) is 0. The standard InChI is InChI=1S/C26H27N3O3/c1-17-12-19(16-27-15-18(2)30)13-26(28-17)29-9-8-22-21(4-3-5-23(22)29)20-6-7-24-25(14-20)32-11-10-31-24/h3-9,12-14,18,27,30H,10-11,15-16H2,1-2H3/t18-/m1/s1. The van der Waals surface area contributed by atoms with Crippen molar-refractivity contribution in [2.24, 2.45) is 0 Å². The zero-order valence-electron chi connectivity index (χ0n) is 18.3. The fourth-order valence-electron chi connectivity index (χ4n) is 4.20. The molecule has 0 unspecified atom stereocenters. The first-order valence-corrected chi connectivity index (χ1v) is 11.0. The second-order valence-electron chi connectivity index (χ2n) is 8.24. The number of pyridine rings is 1. The minimum absolute atomic E-state index is 0.371. The molecule has 0 amide bonds. The largest absolute Gasteiger partial charge is 0.486 e. The number of aliphatic hydroxyl groups excluding tert-OH is 1. The van der Waals surface area contributed by atoms with E-state index < -0.39 is 0 Å². The Labute approximate surface area is 187 Å². The lowest BCUT2D eigenvalue weighted by Gasteiger charge is -2.19. The number of nitrogens with zero attached hydrogens (tertiary/aromatic N) is 2. The summed E-state index contributed by atoms with van der Waals surface area (Å²) in [4.78, 5) is 4.78. The van der Waals surface area contributed by atoms with Gasteiger partial charge in [-0.05, 0) is 66.9 Å². The highest BCUT2D eigenvalue weighted by Crippen LogP contribution is 2.37. The highest BCUT2D eigenvalue weighted by molar-refractivity contribution is 5.96. The Balaban J connectivity index is 1.52. The first-order chi connectivity index (χ1) is 15.6. The van der Waals surface area contributed by atoms with Gasteiger partial charge in [-0.15, -0.1) is 0 Å². The third-order valence-electron chi connectivity index (χ3n) is 5.60. The molecule has 1 atom stereocenters. The maximum absolute atomic E-state index is 9.50. The number of hydrogen-bond donors (Lipinski definition) is 2. The van der Waals surface area contributed by atoms with Gasteiger partial charge in [0.1, 0.15) is 19.0 Å². The monoisotopic (exact) mass is 429 g/mol. The van der Waals surface area contributed by atoms with E-state index >= 15 is 0 Å². The summed E-state index contributed by atoms with van der Waals surface area (Å²) in [6, 6.07) is 18.7. The van der Waals surface area contributed by atoms with E-state index in [1.807, 2.05) is 13.0 Å². The summed E-state index contributed by atoms with van der Waals surface area (Å²) in [5.41, 5.74) is 5.43. The van der Waals surface area contributed by atoms with Gasteiger partial charge in [-0.25, -0.2) is 4.98 Å². The van der Waals surface area contributed by atoms with Crippen LogP contribution in [-0.4, -0.2) is 40.5 Å². The Morgan fingerprint density at radius 2 is 1.91 bits per heavy atom. The molecule has 0 aliphatic carbocycles. The van der Waals surface area contributed by atoms with Gasteiger partial charge in [0.2, 0.25) is 0 Å². The summed E-state index contributed by atoms with van der Waals surface area (Å²) in [5, 5.41) is 13.9. The molecule has 0 spiro atoms. The minimum Gasteiger partial charge on any atom is -0.486 e. The third kappa shape index (κ3) is 4.07. The van der Waals surface area contributed by atoms with Crippen LogP contribution < -0.4 is 14.8 Å². The van der Waals surface area contributed by atoms with E-state index in [4.69, 9.17) is 14.5 Å². The Kier molecular flexibility index (Phi) is 5.55. The molecule has 5 rings (SSSR count). The zero-order valence-corrected chi connectivity index (χ0v) is 18.3. The molecule has 0 fully saturated rings. The Morgan fingerprint density at radius 3 is 2.75 bits per heavy atom. The number of rotatable bonds is 6. The number of benzene rings is 2. The van der Waals surface area contributed by atoms with Crippen molar-refractivity contribution in [3.05, 3.63) is 72.1 Å². The van der Waals surface area contributed by atoms with Gasteiger partial charge in [0, 0.05) is 30.4 Å². The lowest BCUT2D eigenvalue weighted by atomic mass is 10.0. The minimum atomic E-state index is -0.371. The SMILES string of the molecule is Cc1cc(CNC[C@@H](C)O)cc(-n2ccc3c(-c4ccc5c(c4)OCCO5)cccc32)n1. The highest BCUT2D eigenvalue weighted by atomic mass is 16.6. The molecule has 32 heavy (non-hydrogen) atoms. The van der Waals surface area contributed by atoms with E-state index in [-0.39, 0.29) is 6.10 Å². The molecule has 0 bridgehead atoms. The Hall–Kier alpha value is -3.35. The van der Waals surface area contributed by atoms with Crippen molar-refractivity contribution >= 4 is 10.9 Å². The molecule has 1 aliphatic heterocycles. The molecule has 0 saturated carbocycles. The summed E-state index contributed by atoms with van der Waals surface area (Å²) < 4.78 is 13.6. The van der Waals surface area contributed by atoms with Gasteiger partial charge >= 0.3 is 0 Å². The maximum Gasteiger partial charge on any atom is 0.161 e. The zero-order chi connectivity index (χ0) is 22.1.